The average Bonchev–Trinajstić information content (AvgIpc) is 3.39. The van der Waals surface area contributed by atoms with Crippen molar-refractivity contribution in [2.45, 2.75) is 37.8 Å². The van der Waals surface area contributed by atoms with Crippen LogP contribution in [0.15, 0.2) is 53.5 Å². The van der Waals surface area contributed by atoms with E-state index in [1.165, 1.54) is 18.2 Å². The van der Waals surface area contributed by atoms with Gasteiger partial charge in [0, 0.05) is 24.1 Å². The normalized spacial score (nSPS) is 20.7. The first-order chi connectivity index (χ1) is 12.9. The Hall–Kier alpha value is -1.74. The van der Waals surface area contributed by atoms with Crippen molar-refractivity contribution in [2.24, 2.45) is 4.99 Å². The van der Waals surface area contributed by atoms with Gasteiger partial charge in [-0.05, 0) is 38.0 Å². The first kappa shape index (κ1) is 22.5. The molecule has 0 amide bonds. The van der Waals surface area contributed by atoms with Crippen LogP contribution in [0.3, 0.4) is 0 Å². The lowest BCUT2D eigenvalue weighted by molar-refractivity contribution is 0.0672. The summed E-state index contributed by atoms with van der Waals surface area (Å²) in [5.41, 5.74) is -0.200. The summed E-state index contributed by atoms with van der Waals surface area (Å²) in [5, 5.41) is 17.0. The molecule has 3 rings (SSSR count). The Morgan fingerprint density at radius 2 is 1.79 bits per heavy atom. The van der Waals surface area contributed by atoms with Crippen LogP contribution in [0.4, 0.5) is 8.78 Å². The van der Waals surface area contributed by atoms with Crippen LogP contribution in [0.1, 0.15) is 37.3 Å². The quantitative estimate of drug-likeness (QED) is 0.320. The van der Waals surface area contributed by atoms with Crippen molar-refractivity contribution >= 4 is 29.9 Å². The van der Waals surface area contributed by atoms with Gasteiger partial charge in [0.2, 0.25) is 0 Å². The van der Waals surface area contributed by atoms with Crippen molar-refractivity contribution in [3.05, 3.63) is 71.3 Å². The molecule has 7 heteroatoms. The molecule has 0 heterocycles. The van der Waals surface area contributed by atoms with E-state index in [2.05, 4.69) is 15.6 Å². The summed E-state index contributed by atoms with van der Waals surface area (Å²) in [6.07, 6.45) is 0.636. The van der Waals surface area contributed by atoms with Gasteiger partial charge in [-0.15, -0.1) is 24.0 Å². The minimum absolute atomic E-state index is 0. The third-order valence-electron chi connectivity index (χ3n) is 4.77. The number of guanidine groups is 1. The largest absolute Gasteiger partial charge is 0.384 e. The van der Waals surface area contributed by atoms with Crippen LogP contribution in [0.25, 0.3) is 0 Å². The second kappa shape index (κ2) is 9.65. The highest BCUT2D eigenvalue weighted by atomic mass is 127. The Labute approximate surface area is 181 Å². The van der Waals surface area contributed by atoms with Crippen LogP contribution >= 0.6 is 24.0 Å². The minimum atomic E-state index is -1.11. The predicted molar refractivity (Wildman–Crippen MR) is 118 cm³/mol. The number of benzene rings is 2. The van der Waals surface area contributed by atoms with Crippen LogP contribution in [-0.2, 0) is 5.60 Å². The zero-order valence-corrected chi connectivity index (χ0v) is 18.3. The molecule has 1 aliphatic carbocycles. The summed E-state index contributed by atoms with van der Waals surface area (Å²) in [6, 6.07) is 13.2. The van der Waals surface area contributed by atoms with Crippen molar-refractivity contribution in [1.29, 1.82) is 0 Å². The summed E-state index contributed by atoms with van der Waals surface area (Å²) in [4.78, 5) is 4.47. The zero-order chi connectivity index (χ0) is 19.4. The number of rotatable bonds is 6. The number of nitrogens with zero attached hydrogens (tertiary/aromatic N) is 1. The van der Waals surface area contributed by atoms with E-state index in [4.69, 9.17) is 0 Å². The van der Waals surface area contributed by atoms with Gasteiger partial charge in [-0.2, -0.15) is 0 Å². The molecule has 0 saturated heterocycles. The number of hydrogen-bond donors (Lipinski definition) is 3. The van der Waals surface area contributed by atoms with Gasteiger partial charge in [-0.3, -0.25) is 0 Å². The van der Waals surface area contributed by atoms with Gasteiger partial charge in [0.05, 0.1) is 6.54 Å². The molecule has 3 unspecified atom stereocenters. The Bertz CT molecular complexity index is 794. The molecule has 3 N–H and O–H groups in total. The van der Waals surface area contributed by atoms with Gasteiger partial charge < -0.3 is 15.7 Å². The molecule has 1 saturated carbocycles. The van der Waals surface area contributed by atoms with E-state index in [1.54, 1.807) is 6.92 Å². The number of hydrogen-bond acceptors (Lipinski definition) is 2. The molecule has 0 spiro atoms. The fourth-order valence-corrected chi connectivity index (χ4v) is 3.16. The Morgan fingerprint density at radius 3 is 2.39 bits per heavy atom. The van der Waals surface area contributed by atoms with Gasteiger partial charge in [-0.25, -0.2) is 13.8 Å². The standard InChI is InChI=1S/C21H25F2N3O.HI/c1-3-24-20(25-13-21(2,27)14-8-5-4-6-9-14)26-18-12-15(18)19-16(22)10-7-11-17(19)23;/h4-11,15,18,27H,3,12-13H2,1-2H3,(H2,24,25,26);1H. The third-order valence-corrected chi connectivity index (χ3v) is 4.77. The van der Waals surface area contributed by atoms with Crippen molar-refractivity contribution in [3.8, 4) is 0 Å². The first-order valence-corrected chi connectivity index (χ1v) is 9.19. The lowest BCUT2D eigenvalue weighted by Gasteiger charge is -2.22. The topological polar surface area (TPSA) is 56.7 Å². The predicted octanol–water partition coefficient (Wildman–Crippen LogP) is 3.90. The molecule has 2 aromatic rings. The molecule has 0 aliphatic heterocycles. The fraction of sp³-hybridized carbons (Fsp3) is 0.381. The summed E-state index contributed by atoms with van der Waals surface area (Å²) >= 11 is 0. The minimum Gasteiger partial charge on any atom is -0.384 e. The van der Waals surface area contributed by atoms with Crippen LogP contribution in [0.2, 0.25) is 0 Å². The van der Waals surface area contributed by atoms with E-state index in [9.17, 15) is 13.9 Å². The highest BCUT2D eigenvalue weighted by Gasteiger charge is 2.42. The van der Waals surface area contributed by atoms with E-state index >= 15 is 0 Å². The molecule has 0 radical (unpaired) electrons. The van der Waals surface area contributed by atoms with E-state index in [-0.39, 0.29) is 48.0 Å². The monoisotopic (exact) mass is 501 g/mol. The molecule has 1 fully saturated rings. The van der Waals surface area contributed by atoms with E-state index in [1.807, 2.05) is 37.3 Å². The maximum Gasteiger partial charge on any atom is 0.191 e. The van der Waals surface area contributed by atoms with Gasteiger partial charge in [0.15, 0.2) is 5.96 Å². The second-order valence-corrected chi connectivity index (χ2v) is 7.06. The molecular weight excluding hydrogens is 475 g/mol. The van der Waals surface area contributed by atoms with Crippen LogP contribution in [-0.4, -0.2) is 30.2 Å². The van der Waals surface area contributed by atoms with Gasteiger partial charge in [-0.1, -0.05) is 36.4 Å². The molecule has 4 nitrogen and oxygen atoms in total. The molecule has 1 aliphatic rings. The number of aliphatic hydroxyl groups is 1. The van der Waals surface area contributed by atoms with E-state index in [0.717, 1.165) is 5.56 Å². The zero-order valence-electron chi connectivity index (χ0n) is 16.0. The highest BCUT2D eigenvalue weighted by Crippen LogP contribution is 2.43. The van der Waals surface area contributed by atoms with Crippen LogP contribution < -0.4 is 10.6 Å². The Balaban J connectivity index is 0.00000280. The molecule has 3 atom stereocenters. The summed E-state index contributed by atoms with van der Waals surface area (Å²) in [7, 11) is 0. The fourth-order valence-electron chi connectivity index (χ4n) is 3.16. The van der Waals surface area contributed by atoms with Crippen molar-refractivity contribution < 1.29 is 13.9 Å². The molecule has 2 aromatic carbocycles. The average molecular weight is 501 g/mol. The first-order valence-electron chi connectivity index (χ1n) is 9.19. The lowest BCUT2D eigenvalue weighted by atomic mass is 9.96. The summed E-state index contributed by atoms with van der Waals surface area (Å²) in [5.74, 6) is -0.723. The Kier molecular flexibility index (Phi) is 7.77. The van der Waals surface area contributed by atoms with E-state index < -0.39 is 17.2 Å². The smallest absolute Gasteiger partial charge is 0.191 e. The molecule has 0 bridgehead atoms. The van der Waals surface area contributed by atoms with Crippen LogP contribution in [0, 0.1) is 11.6 Å². The number of aliphatic imine (C=N–C) groups is 1. The van der Waals surface area contributed by atoms with Crippen molar-refractivity contribution in [3.63, 3.8) is 0 Å². The van der Waals surface area contributed by atoms with Crippen molar-refractivity contribution in [1.82, 2.24) is 10.6 Å². The molecule has 0 aromatic heterocycles. The van der Waals surface area contributed by atoms with Crippen molar-refractivity contribution in [2.75, 3.05) is 13.1 Å². The maximum atomic E-state index is 13.9. The highest BCUT2D eigenvalue weighted by molar-refractivity contribution is 14.0. The van der Waals surface area contributed by atoms with Crippen LogP contribution in [0.5, 0.6) is 0 Å². The molecule has 152 valence electrons. The summed E-state index contributed by atoms with van der Waals surface area (Å²) in [6.45, 7) is 4.46. The SMILES string of the molecule is CCNC(=NCC(C)(O)c1ccccc1)NC1CC1c1c(F)cccc1F.I. The van der Waals surface area contributed by atoms with Gasteiger partial charge >= 0.3 is 0 Å². The maximum absolute atomic E-state index is 13.9. The molecule has 28 heavy (non-hydrogen) atoms. The van der Waals surface area contributed by atoms with Gasteiger partial charge in [0.1, 0.15) is 17.2 Å². The molecular formula is C21H26F2IN3O. The van der Waals surface area contributed by atoms with E-state index in [0.29, 0.717) is 18.9 Å². The van der Waals surface area contributed by atoms with Gasteiger partial charge in [0.25, 0.3) is 0 Å². The second-order valence-electron chi connectivity index (χ2n) is 7.06. The number of halogens is 3. The third kappa shape index (κ3) is 5.41. The Morgan fingerprint density at radius 1 is 1.14 bits per heavy atom. The number of nitrogens with one attached hydrogen (secondary N) is 2. The lowest BCUT2D eigenvalue weighted by Crippen LogP contribution is -2.40. The summed E-state index contributed by atoms with van der Waals surface area (Å²) < 4.78 is 27.9.